The highest BCUT2D eigenvalue weighted by atomic mass is 35.5. The summed E-state index contributed by atoms with van der Waals surface area (Å²) < 4.78 is 1.33. The van der Waals surface area contributed by atoms with Crippen LogP contribution in [0.2, 0.25) is 0 Å². The maximum Gasteiger partial charge on any atom is 0.272 e. The molecule has 3 aromatic rings. The number of aromatic amines is 1. The average molecular weight is 450 g/mol. The number of hydrogen-bond donors (Lipinski definition) is 2. The highest BCUT2D eigenvalue weighted by molar-refractivity contribution is 6.00. The van der Waals surface area contributed by atoms with Gasteiger partial charge in [0, 0.05) is 43.5 Å². The van der Waals surface area contributed by atoms with Gasteiger partial charge >= 0.3 is 0 Å². The Labute approximate surface area is 186 Å². The minimum absolute atomic E-state index is 0. The van der Waals surface area contributed by atoms with Crippen molar-refractivity contribution in [3.63, 3.8) is 0 Å². The van der Waals surface area contributed by atoms with Crippen LogP contribution in [-0.2, 0) is 0 Å². The summed E-state index contributed by atoms with van der Waals surface area (Å²) in [6.07, 6.45) is 1.60. The third kappa shape index (κ3) is 3.41. The number of carbonyl (C=O) groups excluding carboxylic acids is 1. The fourth-order valence-electron chi connectivity index (χ4n) is 4.85. The predicted octanol–water partition coefficient (Wildman–Crippen LogP) is 2.52. The molecule has 2 aliphatic heterocycles. The van der Waals surface area contributed by atoms with Crippen molar-refractivity contribution in [2.45, 2.75) is 19.9 Å². The Morgan fingerprint density at radius 1 is 1.17 bits per heavy atom. The Kier molecular flexibility index (Phi) is 6.26. The van der Waals surface area contributed by atoms with Crippen LogP contribution in [0.25, 0.3) is 5.65 Å². The van der Waals surface area contributed by atoms with Gasteiger partial charge in [-0.05, 0) is 30.9 Å². The van der Waals surface area contributed by atoms with Crippen LogP contribution in [0.3, 0.4) is 0 Å². The average Bonchev–Trinajstić information content (AvgIpc) is 3.35. The summed E-state index contributed by atoms with van der Waals surface area (Å²) in [5.41, 5.74) is 3.65. The maximum absolute atomic E-state index is 13.6. The lowest BCUT2D eigenvalue weighted by atomic mass is 9.87. The van der Waals surface area contributed by atoms with Gasteiger partial charge in [-0.1, -0.05) is 24.3 Å². The number of aryl methyl sites for hydroxylation is 2. The third-order valence-electron chi connectivity index (χ3n) is 6.19. The van der Waals surface area contributed by atoms with Crippen molar-refractivity contribution in [1.29, 1.82) is 0 Å². The van der Waals surface area contributed by atoms with Gasteiger partial charge in [-0.3, -0.25) is 14.7 Å². The van der Waals surface area contributed by atoms with Crippen LogP contribution in [0.4, 0.5) is 0 Å². The molecule has 1 amide bonds. The Morgan fingerprint density at radius 3 is 2.70 bits per heavy atom. The number of rotatable bonds is 2. The van der Waals surface area contributed by atoms with Gasteiger partial charge in [-0.15, -0.1) is 24.8 Å². The van der Waals surface area contributed by atoms with E-state index in [1.54, 1.807) is 13.1 Å². The van der Waals surface area contributed by atoms with Crippen LogP contribution in [0.15, 0.2) is 41.3 Å². The molecule has 2 saturated heterocycles. The molecule has 1 aromatic carbocycles. The summed E-state index contributed by atoms with van der Waals surface area (Å²) in [6.45, 7) is 6.43. The van der Waals surface area contributed by atoms with E-state index in [2.05, 4.69) is 34.5 Å². The number of benzene rings is 1. The van der Waals surface area contributed by atoms with E-state index in [1.807, 2.05) is 17.0 Å². The predicted molar refractivity (Wildman–Crippen MR) is 120 cm³/mol. The summed E-state index contributed by atoms with van der Waals surface area (Å²) in [5, 5.41) is 6.37. The number of hydrogen-bond acceptors (Lipinski definition) is 4. The SMILES string of the molecule is Cc1cc(=O)n2[nH]cc(C(=O)N3C[C@@H]4CNC[C@@H]4[C@H]3c3ccccc3C)c2n1.Cl.Cl. The summed E-state index contributed by atoms with van der Waals surface area (Å²) in [5.74, 6) is 0.766. The molecular weight excluding hydrogens is 425 g/mol. The van der Waals surface area contributed by atoms with Crippen molar-refractivity contribution < 1.29 is 4.79 Å². The van der Waals surface area contributed by atoms with Gasteiger partial charge < -0.3 is 10.2 Å². The van der Waals surface area contributed by atoms with Gasteiger partial charge in [-0.25, -0.2) is 9.50 Å². The third-order valence-corrected chi connectivity index (χ3v) is 6.19. The minimum Gasteiger partial charge on any atom is -0.331 e. The number of carbonyl (C=O) groups is 1. The lowest BCUT2D eigenvalue weighted by molar-refractivity contribution is 0.0715. The maximum atomic E-state index is 13.6. The lowest BCUT2D eigenvalue weighted by Gasteiger charge is -2.29. The zero-order valence-corrected chi connectivity index (χ0v) is 18.4. The topological polar surface area (TPSA) is 82.5 Å². The normalized spacial score (nSPS) is 22.5. The summed E-state index contributed by atoms with van der Waals surface area (Å²) in [6, 6.07) is 9.78. The van der Waals surface area contributed by atoms with Gasteiger partial charge in [0.2, 0.25) is 0 Å². The molecule has 2 aromatic heterocycles. The first-order valence-electron chi connectivity index (χ1n) is 9.69. The van der Waals surface area contributed by atoms with E-state index in [0.717, 1.165) is 13.1 Å². The Bertz CT molecular complexity index is 1140. The first-order chi connectivity index (χ1) is 13.5. The van der Waals surface area contributed by atoms with Crippen LogP contribution >= 0.6 is 24.8 Å². The Morgan fingerprint density at radius 2 is 1.93 bits per heavy atom. The second-order valence-electron chi connectivity index (χ2n) is 7.92. The zero-order valence-electron chi connectivity index (χ0n) is 16.8. The van der Waals surface area contributed by atoms with Crippen LogP contribution in [-0.4, -0.2) is 45.0 Å². The van der Waals surface area contributed by atoms with Crippen molar-refractivity contribution in [2.24, 2.45) is 11.8 Å². The van der Waals surface area contributed by atoms with E-state index in [0.29, 0.717) is 35.3 Å². The summed E-state index contributed by atoms with van der Waals surface area (Å²) in [7, 11) is 0. The highest BCUT2D eigenvalue weighted by Gasteiger charge is 2.47. The number of halogens is 2. The van der Waals surface area contributed by atoms with E-state index in [1.165, 1.54) is 21.7 Å². The summed E-state index contributed by atoms with van der Waals surface area (Å²) in [4.78, 5) is 32.2. The molecular formula is C21H25Cl2N5O2. The molecule has 3 atom stereocenters. The number of nitrogens with zero attached hydrogens (tertiary/aromatic N) is 3. The highest BCUT2D eigenvalue weighted by Crippen LogP contribution is 2.44. The molecule has 160 valence electrons. The van der Waals surface area contributed by atoms with E-state index in [9.17, 15) is 9.59 Å². The molecule has 2 N–H and O–H groups in total. The minimum atomic E-state index is -0.209. The second kappa shape index (κ2) is 8.41. The van der Waals surface area contributed by atoms with Crippen molar-refractivity contribution in [3.8, 4) is 0 Å². The number of fused-ring (bicyclic) bond motifs is 2. The number of amides is 1. The molecule has 30 heavy (non-hydrogen) atoms. The fraction of sp³-hybridized carbons (Fsp3) is 0.381. The number of aromatic nitrogens is 3. The molecule has 5 rings (SSSR count). The van der Waals surface area contributed by atoms with Gasteiger partial charge in [0.05, 0.1) is 6.04 Å². The van der Waals surface area contributed by atoms with Crippen molar-refractivity contribution >= 4 is 36.4 Å². The molecule has 0 radical (unpaired) electrons. The molecule has 0 spiro atoms. The van der Waals surface area contributed by atoms with Gasteiger partial charge in [0.1, 0.15) is 5.56 Å². The monoisotopic (exact) mass is 449 g/mol. The summed E-state index contributed by atoms with van der Waals surface area (Å²) >= 11 is 0. The Hall–Kier alpha value is -2.35. The molecule has 0 unspecified atom stereocenters. The standard InChI is InChI=1S/C21H23N5O2.2ClH/c1-12-5-3-4-6-15(12)19-16-9-22-8-14(16)11-25(19)21(28)17-10-23-26-18(27)7-13(2)24-20(17)26;;/h3-7,10,14,16,19,22-23H,8-9,11H2,1-2H3;2*1H/t14-,16-,19+;;/m0../s1. The molecule has 7 nitrogen and oxygen atoms in total. The van der Waals surface area contributed by atoms with Crippen molar-refractivity contribution in [3.05, 3.63) is 69.3 Å². The van der Waals surface area contributed by atoms with Gasteiger partial charge in [0.15, 0.2) is 5.65 Å². The first-order valence-corrected chi connectivity index (χ1v) is 9.69. The molecule has 0 bridgehead atoms. The van der Waals surface area contributed by atoms with Gasteiger partial charge in [0.25, 0.3) is 11.5 Å². The Balaban J connectivity index is 0.00000128. The van der Waals surface area contributed by atoms with E-state index >= 15 is 0 Å². The molecule has 0 aliphatic carbocycles. The molecule has 9 heteroatoms. The van der Waals surface area contributed by atoms with Crippen LogP contribution in [0, 0.1) is 25.7 Å². The molecule has 4 heterocycles. The van der Waals surface area contributed by atoms with Crippen molar-refractivity contribution in [1.82, 2.24) is 24.8 Å². The number of H-pyrrole nitrogens is 1. The second-order valence-corrected chi connectivity index (χ2v) is 7.92. The number of likely N-dealkylation sites (tertiary alicyclic amines) is 1. The smallest absolute Gasteiger partial charge is 0.272 e. The number of nitrogens with one attached hydrogen (secondary N) is 2. The van der Waals surface area contributed by atoms with E-state index in [-0.39, 0.29) is 42.3 Å². The van der Waals surface area contributed by atoms with E-state index < -0.39 is 0 Å². The van der Waals surface area contributed by atoms with Crippen LogP contribution < -0.4 is 10.9 Å². The first kappa shape index (κ1) is 22.3. The van der Waals surface area contributed by atoms with Gasteiger partial charge in [-0.2, -0.15) is 0 Å². The van der Waals surface area contributed by atoms with Crippen LogP contribution in [0.5, 0.6) is 0 Å². The molecule has 2 fully saturated rings. The van der Waals surface area contributed by atoms with E-state index in [4.69, 9.17) is 0 Å². The molecule has 0 saturated carbocycles. The largest absolute Gasteiger partial charge is 0.331 e. The van der Waals surface area contributed by atoms with Crippen LogP contribution in [0.1, 0.15) is 33.2 Å². The lowest BCUT2D eigenvalue weighted by Crippen LogP contribution is -2.35. The van der Waals surface area contributed by atoms with Crippen molar-refractivity contribution in [2.75, 3.05) is 19.6 Å². The zero-order chi connectivity index (χ0) is 19.4. The molecule has 2 aliphatic rings. The quantitative estimate of drug-likeness (QED) is 0.629. The fourth-order valence-corrected chi connectivity index (χ4v) is 4.85.